The van der Waals surface area contributed by atoms with Gasteiger partial charge in [0.2, 0.25) is 0 Å². The molecule has 2 aliphatic rings. The molecule has 0 aliphatic carbocycles. The maximum Gasteiger partial charge on any atom is 0.284 e. The minimum absolute atomic E-state index is 0.0630. The number of benzene rings is 3. The predicted molar refractivity (Wildman–Crippen MR) is 200 cm³/mol. The SMILES string of the molecule is COc1ccc(Cn2nc(N3CCC[C@@H]3CN3CCCC3)c3c(Oc4ccc(NC(=O)c5ccnn(-c6ccc(F)cc6)c5=O)cc4F)ccnc32)cc1. The van der Waals surface area contributed by atoms with Crippen molar-refractivity contribution in [2.75, 3.05) is 43.5 Å². The number of aromatic nitrogens is 5. The zero-order valence-electron chi connectivity index (χ0n) is 29.6. The number of fused-ring (bicyclic) bond motifs is 1. The van der Waals surface area contributed by atoms with Crippen LogP contribution in [0.25, 0.3) is 16.7 Å². The van der Waals surface area contributed by atoms with Gasteiger partial charge in [0.05, 0.1) is 19.3 Å². The normalized spacial score (nSPS) is 15.9. The molecular weight excluding hydrogens is 694 g/mol. The molecule has 2 fully saturated rings. The maximum atomic E-state index is 15.8. The lowest BCUT2D eigenvalue weighted by Gasteiger charge is -2.29. The molecule has 1 N–H and O–H groups in total. The summed E-state index contributed by atoms with van der Waals surface area (Å²) < 4.78 is 43.7. The minimum atomic E-state index is -0.759. The summed E-state index contributed by atoms with van der Waals surface area (Å²) in [6, 6.07) is 20.2. The number of hydrogen-bond acceptors (Lipinski definition) is 9. The fraction of sp³-hybridized carbons (Fsp3) is 0.275. The molecule has 276 valence electrons. The van der Waals surface area contributed by atoms with E-state index in [0.717, 1.165) is 66.9 Å². The summed E-state index contributed by atoms with van der Waals surface area (Å²) in [5, 5.41) is 12.4. The molecule has 14 heteroatoms. The molecule has 1 atom stereocenters. The highest BCUT2D eigenvalue weighted by Crippen LogP contribution is 2.39. The Morgan fingerprint density at radius 2 is 1.70 bits per heavy atom. The molecule has 0 radical (unpaired) electrons. The van der Waals surface area contributed by atoms with Crippen molar-refractivity contribution in [1.82, 2.24) is 29.4 Å². The average molecular weight is 733 g/mol. The van der Waals surface area contributed by atoms with Crippen molar-refractivity contribution in [3.8, 4) is 22.9 Å². The number of nitrogens with zero attached hydrogens (tertiary/aromatic N) is 7. The molecule has 54 heavy (non-hydrogen) atoms. The third-order valence-corrected chi connectivity index (χ3v) is 9.96. The number of halogens is 2. The van der Waals surface area contributed by atoms with E-state index in [2.05, 4.69) is 20.2 Å². The number of nitrogens with one attached hydrogen (secondary N) is 1. The van der Waals surface area contributed by atoms with E-state index < -0.39 is 23.1 Å². The minimum Gasteiger partial charge on any atom is -0.497 e. The van der Waals surface area contributed by atoms with E-state index in [1.54, 1.807) is 19.4 Å². The standard InChI is InChI=1S/C40H38F2N8O4/c1-53-31-13-6-26(7-14-31)24-49-37-36(38(46-49)48-22-4-5-30(48)25-47-20-2-3-21-47)35(17-18-43-37)54-34-15-10-28(23-33(34)42)45-39(51)32-16-19-44-50(40(32)52)29-11-8-27(41)9-12-29/h6-19,23,30H,2-5,20-22,24-25H2,1H3,(H,45,51)/t30-/m1/s1. The van der Waals surface area contributed by atoms with Gasteiger partial charge in [0.15, 0.2) is 23.0 Å². The first-order chi connectivity index (χ1) is 26.3. The van der Waals surface area contributed by atoms with Crippen molar-refractivity contribution < 1.29 is 23.0 Å². The van der Waals surface area contributed by atoms with E-state index in [1.807, 2.05) is 28.9 Å². The average Bonchev–Trinajstić information content (AvgIpc) is 3.95. The molecule has 2 aliphatic heterocycles. The summed E-state index contributed by atoms with van der Waals surface area (Å²) in [5.41, 5.74) is 1.09. The number of carbonyl (C=O) groups is 1. The van der Waals surface area contributed by atoms with Crippen molar-refractivity contribution in [3.05, 3.63) is 124 Å². The highest BCUT2D eigenvalue weighted by Gasteiger charge is 2.32. The monoisotopic (exact) mass is 732 g/mol. The third kappa shape index (κ3) is 7.12. The number of likely N-dealkylation sites (tertiary alicyclic amines) is 1. The van der Waals surface area contributed by atoms with Gasteiger partial charge in [0.1, 0.15) is 28.3 Å². The summed E-state index contributed by atoms with van der Waals surface area (Å²) >= 11 is 0. The Morgan fingerprint density at radius 1 is 0.907 bits per heavy atom. The lowest BCUT2D eigenvalue weighted by atomic mass is 10.2. The van der Waals surface area contributed by atoms with Gasteiger partial charge in [-0.3, -0.25) is 9.59 Å². The number of amides is 1. The molecule has 3 aromatic carbocycles. The molecule has 0 unspecified atom stereocenters. The van der Waals surface area contributed by atoms with E-state index in [0.29, 0.717) is 23.3 Å². The fourth-order valence-electron chi connectivity index (χ4n) is 7.25. The van der Waals surface area contributed by atoms with E-state index >= 15 is 4.39 Å². The van der Waals surface area contributed by atoms with Crippen LogP contribution in [0.5, 0.6) is 17.2 Å². The van der Waals surface area contributed by atoms with E-state index in [4.69, 9.17) is 19.6 Å². The van der Waals surface area contributed by atoms with Crippen LogP contribution in [0.1, 0.15) is 41.6 Å². The predicted octanol–water partition coefficient (Wildman–Crippen LogP) is 6.42. The van der Waals surface area contributed by atoms with Crippen LogP contribution in [-0.4, -0.2) is 74.7 Å². The number of pyridine rings is 1. The third-order valence-electron chi connectivity index (χ3n) is 9.96. The number of methoxy groups -OCH3 is 1. The molecule has 0 spiro atoms. The number of ether oxygens (including phenoxy) is 2. The Kier molecular flexibility index (Phi) is 9.74. The van der Waals surface area contributed by atoms with Crippen molar-refractivity contribution in [2.45, 2.75) is 38.3 Å². The summed E-state index contributed by atoms with van der Waals surface area (Å²) in [4.78, 5) is 35.9. The zero-order valence-corrected chi connectivity index (χ0v) is 29.6. The van der Waals surface area contributed by atoms with E-state index in [-0.39, 0.29) is 28.7 Å². The summed E-state index contributed by atoms with van der Waals surface area (Å²) in [7, 11) is 1.63. The van der Waals surface area contributed by atoms with Gasteiger partial charge in [0.25, 0.3) is 11.5 Å². The highest BCUT2D eigenvalue weighted by atomic mass is 19.1. The topological polar surface area (TPSA) is 120 Å². The van der Waals surface area contributed by atoms with Crippen LogP contribution in [0.4, 0.5) is 20.3 Å². The molecule has 8 rings (SSSR count). The first kappa shape index (κ1) is 34.9. The first-order valence-corrected chi connectivity index (χ1v) is 17.9. The van der Waals surface area contributed by atoms with Gasteiger partial charge in [-0.05, 0) is 98.9 Å². The van der Waals surface area contributed by atoms with E-state index in [1.165, 1.54) is 61.5 Å². The quantitative estimate of drug-likeness (QED) is 0.161. The number of hydrogen-bond donors (Lipinski definition) is 1. The summed E-state index contributed by atoms with van der Waals surface area (Å²) in [5.74, 6) is -0.117. The van der Waals surface area contributed by atoms with Crippen LogP contribution in [-0.2, 0) is 6.54 Å². The molecule has 5 heterocycles. The molecular formula is C40H38F2N8O4. The lowest BCUT2D eigenvalue weighted by molar-refractivity contribution is 0.102. The lowest BCUT2D eigenvalue weighted by Crippen LogP contribution is -2.39. The maximum absolute atomic E-state index is 15.8. The van der Waals surface area contributed by atoms with Gasteiger partial charge < -0.3 is 24.6 Å². The molecule has 12 nitrogen and oxygen atoms in total. The zero-order chi connectivity index (χ0) is 37.2. The Balaban J connectivity index is 1.08. The highest BCUT2D eigenvalue weighted by molar-refractivity contribution is 6.04. The second kappa shape index (κ2) is 15.1. The Labute approximate surface area is 309 Å². The van der Waals surface area contributed by atoms with Gasteiger partial charge in [0, 0.05) is 49.3 Å². The van der Waals surface area contributed by atoms with Crippen LogP contribution < -0.4 is 25.2 Å². The van der Waals surface area contributed by atoms with Crippen LogP contribution >= 0.6 is 0 Å². The van der Waals surface area contributed by atoms with Crippen molar-refractivity contribution >= 4 is 28.4 Å². The van der Waals surface area contributed by atoms with Crippen molar-refractivity contribution in [2.24, 2.45) is 0 Å². The van der Waals surface area contributed by atoms with E-state index in [9.17, 15) is 14.0 Å². The Bertz CT molecular complexity index is 2360. The second-order valence-corrected chi connectivity index (χ2v) is 13.5. The number of carbonyl (C=O) groups excluding carboxylic acids is 1. The summed E-state index contributed by atoms with van der Waals surface area (Å²) in [6.45, 7) is 4.43. The summed E-state index contributed by atoms with van der Waals surface area (Å²) in [6.07, 6.45) is 7.41. The number of rotatable bonds is 11. The van der Waals surface area contributed by atoms with Gasteiger partial charge in [-0.2, -0.15) is 14.9 Å². The first-order valence-electron chi connectivity index (χ1n) is 17.9. The van der Waals surface area contributed by atoms with Crippen molar-refractivity contribution in [3.63, 3.8) is 0 Å². The molecule has 6 aromatic rings. The van der Waals surface area contributed by atoms with Gasteiger partial charge in [-0.15, -0.1) is 0 Å². The molecule has 0 bridgehead atoms. The Morgan fingerprint density at radius 3 is 2.46 bits per heavy atom. The molecule has 3 aromatic heterocycles. The largest absolute Gasteiger partial charge is 0.497 e. The van der Waals surface area contributed by atoms with Crippen LogP contribution in [0, 0.1) is 11.6 Å². The van der Waals surface area contributed by atoms with Gasteiger partial charge >= 0.3 is 0 Å². The molecule has 0 saturated carbocycles. The smallest absolute Gasteiger partial charge is 0.284 e. The second-order valence-electron chi connectivity index (χ2n) is 13.5. The van der Waals surface area contributed by atoms with Gasteiger partial charge in [-0.25, -0.2) is 18.4 Å². The van der Waals surface area contributed by atoms with Crippen LogP contribution in [0.2, 0.25) is 0 Å². The number of anilines is 2. The Hall–Kier alpha value is -6.15. The fourth-order valence-corrected chi connectivity index (χ4v) is 7.25. The molecule has 2 saturated heterocycles. The van der Waals surface area contributed by atoms with Crippen molar-refractivity contribution in [1.29, 1.82) is 0 Å². The van der Waals surface area contributed by atoms with Crippen LogP contribution in [0.15, 0.2) is 96.1 Å². The van der Waals surface area contributed by atoms with Crippen LogP contribution in [0.3, 0.4) is 0 Å². The van der Waals surface area contributed by atoms with Gasteiger partial charge in [-0.1, -0.05) is 12.1 Å². The molecule has 1 amide bonds.